The van der Waals surface area contributed by atoms with E-state index in [1.54, 1.807) is 6.07 Å². The van der Waals surface area contributed by atoms with Crippen molar-refractivity contribution < 1.29 is 9.94 Å². The van der Waals surface area contributed by atoms with E-state index in [0.717, 1.165) is 25.0 Å². The minimum atomic E-state index is 0.122. The second kappa shape index (κ2) is 7.71. The molecule has 0 radical (unpaired) electrons. The summed E-state index contributed by atoms with van der Waals surface area (Å²) < 4.78 is 5.69. The van der Waals surface area contributed by atoms with Gasteiger partial charge < -0.3 is 15.7 Å². The van der Waals surface area contributed by atoms with Crippen LogP contribution in [0.1, 0.15) is 37.8 Å². The number of ether oxygens (including phenoxy) is 1. The van der Waals surface area contributed by atoms with Crippen LogP contribution in [0.2, 0.25) is 0 Å². The lowest BCUT2D eigenvalue weighted by molar-refractivity contribution is 0.0843. The van der Waals surface area contributed by atoms with Crippen molar-refractivity contribution >= 4 is 5.84 Å². The van der Waals surface area contributed by atoms with Crippen LogP contribution >= 0.6 is 0 Å². The third-order valence-corrected chi connectivity index (χ3v) is 3.11. The largest absolute Gasteiger partial charge is 0.409 e. The molecule has 1 aromatic rings. The summed E-state index contributed by atoms with van der Waals surface area (Å²) >= 11 is 0. The van der Waals surface area contributed by atoms with Crippen molar-refractivity contribution in [3.8, 4) is 0 Å². The molecule has 1 aromatic carbocycles. The van der Waals surface area contributed by atoms with Gasteiger partial charge in [-0.1, -0.05) is 50.0 Å². The molecule has 0 unspecified atom stereocenters. The minimum Gasteiger partial charge on any atom is -0.409 e. The second-order valence-corrected chi connectivity index (χ2v) is 4.38. The van der Waals surface area contributed by atoms with Crippen molar-refractivity contribution in [1.82, 2.24) is 0 Å². The number of hydrogen-bond donors (Lipinski definition) is 2. The third kappa shape index (κ3) is 4.37. The Morgan fingerprint density at radius 1 is 1.39 bits per heavy atom. The number of benzene rings is 1. The molecule has 0 bridgehead atoms. The van der Waals surface area contributed by atoms with Gasteiger partial charge in [0.1, 0.15) is 0 Å². The molecule has 0 fully saturated rings. The summed E-state index contributed by atoms with van der Waals surface area (Å²) in [6, 6.07) is 7.53. The topological polar surface area (TPSA) is 67.8 Å². The molecule has 0 aliphatic rings. The predicted molar refractivity (Wildman–Crippen MR) is 72.7 cm³/mol. The fourth-order valence-corrected chi connectivity index (χ4v) is 1.75. The maximum Gasteiger partial charge on any atom is 0.170 e. The summed E-state index contributed by atoms with van der Waals surface area (Å²) in [7, 11) is 0. The average molecular weight is 250 g/mol. The van der Waals surface area contributed by atoms with E-state index in [1.165, 1.54) is 0 Å². The minimum absolute atomic E-state index is 0.122. The first-order valence-electron chi connectivity index (χ1n) is 6.35. The summed E-state index contributed by atoms with van der Waals surface area (Å²) in [6.45, 7) is 5.69. The Hall–Kier alpha value is -1.55. The number of hydrogen-bond acceptors (Lipinski definition) is 3. The van der Waals surface area contributed by atoms with Crippen LogP contribution in [0.15, 0.2) is 29.4 Å². The molecule has 18 heavy (non-hydrogen) atoms. The van der Waals surface area contributed by atoms with Crippen molar-refractivity contribution in [2.75, 3.05) is 6.61 Å². The van der Waals surface area contributed by atoms with E-state index in [2.05, 4.69) is 19.0 Å². The Morgan fingerprint density at radius 3 is 2.72 bits per heavy atom. The molecular weight excluding hydrogens is 228 g/mol. The quantitative estimate of drug-likeness (QED) is 0.338. The number of oxime groups is 1. The van der Waals surface area contributed by atoms with Crippen LogP contribution in [-0.2, 0) is 11.3 Å². The number of amidine groups is 1. The van der Waals surface area contributed by atoms with Gasteiger partial charge in [-0.2, -0.15) is 0 Å². The highest BCUT2D eigenvalue weighted by Crippen LogP contribution is 2.11. The van der Waals surface area contributed by atoms with Gasteiger partial charge in [-0.3, -0.25) is 0 Å². The number of nitrogens with zero attached hydrogens (tertiary/aromatic N) is 1. The molecule has 3 N–H and O–H groups in total. The van der Waals surface area contributed by atoms with Crippen LogP contribution in [0.25, 0.3) is 0 Å². The van der Waals surface area contributed by atoms with Crippen LogP contribution in [0.3, 0.4) is 0 Å². The fourth-order valence-electron chi connectivity index (χ4n) is 1.75. The zero-order valence-electron chi connectivity index (χ0n) is 11.1. The van der Waals surface area contributed by atoms with Gasteiger partial charge in [-0.25, -0.2) is 0 Å². The van der Waals surface area contributed by atoms with E-state index >= 15 is 0 Å². The first kappa shape index (κ1) is 14.5. The molecule has 100 valence electrons. The molecule has 0 aliphatic carbocycles. The summed E-state index contributed by atoms with van der Waals surface area (Å²) in [5.41, 5.74) is 7.28. The Kier molecular flexibility index (Phi) is 6.22. The van der Waals surface area contributed by atoms with Gasteiger partial charge in [-0.05, 0) is 17.5 Å². The highest BCUT2D eigenvalue weighted by atomic mass is 16.5. The Labute approximate surface area is 108 Å². The lowest BCUT2D eigenvalue weighted by Gasteiger charge is -2.12. The van der Waals surface area contributed by atoms with Gasteiger partial charge in [-0.15, -0.1) is 0 Å². The highest BCUT2D eigenvalue weighted by molar-refractivity contribution is 5.97. The Balaban J connectivity index is 2.52. The molecule has 1 rings (SSSR count). The lowest BCUT2D eigenvalue weighted by Crippen LogP contribution is -2.13. The first-order valence-corrected chi connectivity index (χ1v) is 6.35. The van der Waals surface area contributed by atoms with Crippen LogP contribution < -0.4 is 5.73 Å². The van der Waals surface area contributed by atoms with E-state index in [4.69, 9.17) is 15.7 Å². The van der Waals surface area contributed by atoms with E-state index in [0.29, 0.717) is 18.1 Å². The molecule has 0 saturated carbocycles. The van der Waals surface area contributed by atoms with Gasteiger partial charge >= 0.3 is 0 Å². The molecular formula is C14H22N2O2. The summed E-state index contributed by atoms with van der Waals surface area (Å²) in [5, 5.41) is 11.6. The maximum atomic E-state index is 8.62. The van der Waals surface area contributed by atoms with Crippen molar-refractivity contribution in [2.45, 2.75) is 33.3 Å². The Bertz CT molecular complexity index is 387. The molecule has 0 spiro atoms. The molecule has 0 atom stereocenters. The van der Waals surface area contributed by atoms with Crippen molar-refractivity contribution in [3.63, 3.8) is 0 Å². The molecule has 0 saturated heterocycles. The number of rotatable bonds is 7. The lowest BCUT2D eigenvalue weighted by atomic mass is 10.1. The zero-order chi connectivity index (χ0) is 13.4. The standard InChI is InChI=1S/C14H22N2O2/c1-3-11(4-2)9-18-10-12-6-5-7-13(8-12)14(15)16-17/h5-8,11,17H,3-4,9-10H2,1-2H3,(H2,15,16). The third-order valence-electron chi connectivity index (χ3n) is 3.11. The van der Waals surface area contributed by atoms with Crippen LogP contribution in [0.5, 0.6) is 0 Å². The van der Waals surface area contributed by atoms with Crippen molar-refractivity contribution in [2.24, 2.45) is 16.8 Å². The van der Waals surface area contributed by atoms with Crippen molar-refractivity contribution in [3.05, 3.63) is 35.4 Å². The molecule has 0 amide bonds. The average Bonchev–Trinajstić information content (AvgIpc) is 2.43. The summed E-state index contributed by atoms with van der Waals surface area (Å²) in [5.74, 6) is 0.745. The Morgan fingerprint density at radius 2 is 2.11 bits per heavy atom. The normalized spacial score (nSPS) is 12.1. The maximum absolute atomic E-state index is 8.62. The highest BCUT2D eigenvalue weighted by Gasteiger charge is 2.04. The monoisotopic (exact) mass is 250 g/mol. The van der Waals surface area contributed by atoms with E-state index in [9.17, 15) is 0 Å². The first-order chi connectivity index (χ1) is 8.71. The van der Waals surface area contributed by atoms with Gasteiger partial charge in [0.25, 0.3) is 0 Å². The van der Waals surface area contributed by atoms with Gasteiger partial charge in [0, 0.05) is 12.2 Å². The molecule has 0 heterocycles. The second-order valence-electron chi connectivity index (χ2n) is 4.38. The van der Waals surface area contributed by atoms with Crippen LogP contribution in [-0.4, -0.2) is 17.6 Å². The van der Waals surface area contributed by atoms with Crippen molar-refractivity contribution in [1.29, 1.82) is 0 Å². The van der Waals surface area contributed by atoms with E-state index in [-0.39, 0.29) is 5.84 Å². The summed E-state index contributed by atoms with van der Waals surface area (Å²) in [4.78, 5) is 0. The van der Waals surface area contributed by atoms with Crippen LogP contribution in [0, 0.1) is 5.92 Å². The van der Waals surface area contributed by atoms with Crippen LogP contribution in [0.4, 0.5) is 0 Å². The zero-order valence-corrected chi connectivity index (χ0v) is 11.1. The molecule has 4 heteroatoms. The fraction of sp³-hybridized carbons (Fsp3) is 0.500. The van der Waals surface area contributed by atoms with E-state index < -0.39 is 0 Å². The van der Waals surface area contributed by atoms with E-state index in [1.807, 2.05) is 18.2 Å². The smallest absolute Gasteiger partial charge is 0.170 e. The summed E-state index contributed by atoms with van der Waals surface area (Å²) in [6.07, 6.45) is 2.28. The van der Waals surface area contributed by atoms with Gasteiger partial charge in [0.15, 0.2) is 5.84 Å². The number of nitrogens with two attached hydrogens (primary N) is 1. The van der Waals surface area contributed by atoms with Gasteiger partial charge in [0.05, 0.1) is 6.61 Å². The molecule has 4 nitrogen and oxygen atoms in total. The predicted octanol–water partition coefficient (Wildman–Crippen LogP) is 2.73. The van der Waals surface area contributed by atoms with Gasteiger partial charge in [0.2, 0.25) is 0 Å². The SMILES string of the molecule is CCC(CC)COCc1cccc(/C(N)=N/O)c1. The molecule has 0 aliphatic heterocycles. The molecule has 0 aromatic heterocycles.